The highest BCUT2D eigenvalue weighted by Gasteiger charge is 2.46. The van der Waals surface area contributed by atoms with E-state index in [1.165, 1.54) is 19.3 Å². The third-order valence-corrected chi connectivity index (χ3v) is 4.88. The molecule has 0 amide bonds. The summed E-state index contributed by atoms with van der Waals surface area (Å²) in [6.07, 6.45) is 4.14. The van der Waals surface area contributed by atoms with Gasteiger partial charge in [-0.15, -0.1) is 11.3 Å². The molecule has 2 aliphatic carbocycles. The summed E-state index contributed by atoms with van der Waals surface area (Å²) < 4.78 is 0. The number of hydrogen-bond donors (Lipinski definition) is 1. The molecule has 0 saturated heterocycles. The van der Waals surface area contributed by atoms with Gasteiger partial charge in [0.2, 0.25) is 0 Å². The van der Waals surface area contributed by atoms with Crippen LogP contribution in [0.3, 0.4) is 0 Å². The largest absolute Gasteiger partial charge is 0.327 e. The Morgan fingerprint density at radius 3 is 3.21 bits per heavy atom. The van der Waals surface area contributed by atoms with Gasteiger partial charge in [-0.25, -0.2) is 0 Å². The molecule has 14 heavy (non-hydrogen) atoms. The lowest BCUT2D eigenvalue weighted by Gasteiger charge is -2.20. The molecule has 2 heteroatoms. The van der Waals surface area contributed by atoms with Crippen LogP contribution in [0.4, 0.5) is 0 Å². The van der Waals surface area contributed by atoms with Crippen molar-refractivity contribution in [3.63, 3.8) is 0 Å². The zero-order valence-electron chi connectivity index (χ0n) is 8.57. The Bertz CT molecular complexity index is 342. The van der Waals surface area contributed by atoms with Gasteiger partial charge in [-0.1, -0.05) is 0 Å². The van der Waals surface area contributed by atoms with Gasteiger partial charge in [0.25, 0.3) is 0 Å². The molecule has 0 bridgehead atoms. The molecule has 0 aromatic carbocycles. The fraction of sp³-hybridized carbons (Fsp3) is 0.667. The van der Waals surface area contributed by atoms with E-state index in [9.17, 15) is 0 Å². The van der Waals surface area contributed by atoms with Crippen molar-refractivity contribution in [3.8, 4) is 0 Å². The molecule has 1 aromatic rings. The van der Waals surface area contributed by atoms with E-state index in [1.807, 2.05) is 11.3 Å². The first-order valence-corrected chi connectivity index (χ1v) is 6.47. The van der Waals surface area contributed by atoms with Crippen LogP contribution in [0, 0.1) is 11.8 Å². The topological polar surface area (TPSA) is 26.0 Å². The number of nitrogens with two attached hydrogens (primary N) is 1. The van der Waals surface area contributed by atoms with Gasteiger partial charge in [-0.05, 0) is 55.0 Å². The minimum absolute atomic E-state index is 0.330. The number of fused-ring (bicyclic) bond motifs is 2. The number of hydrogen-bond acceptors (Lipinski definition) is 2. The maximum atomic E-state index is 6.13. The second-order valence-electron chi connectivity index (χ2n) is 4.88. The van der Waals surface area contributed by atoms with Gasteiger partial charge in [0, 0.05) is 16.8 Å². The molecule has 1 heterocycles. The summed E-state index contributed by atoms with van der Waals surface area (Å²) in [4.78, 5) is 1.61. The number of thiophene rings is 1. The molecule has 0 radical (unpaired) electrons. The fourth-order valence-electron chi connectivity index (χ4n) is 3.11. The summed E-state index contributed by atoms with van der Waals surface area (Å²) in [5.74, 6) is 2.56. The van der Waals surface area contributed by atoms with Gasteiger partial charge < -0.3 is 5.73 Å². The van der Waals surface area contributed by atoms with Crippen LogP contribution in [0.2, 0.25) is 0 Å². The molecule has 2 N–H and O–H groups in total. The summed E-state index contributed by atoms with van der Waals surface area (Å²) in [5, 5.41) is 2.24. The Morgan fingerprint density at radius 2 is 2.43 bits per heavy atom. The Hall–Kier alpha value is -0.340. The molecular weight excluding hydrogens is 190 g/mol. The van der Waals surface area contributed by atoms with Crippen molar-refractivity contribution in [2.45, 2.75) is 38.1 Å². The molecule has 0 aliphatic heterocycles. The first-order valence-electron chi connectivity index (χ1n) is 5.59. The van der Waals surface area contributed by atoms with E-state index in [0.29, 0.717) is 12.0 Å². The maximum Gasteiger partial charge on any atom is 0.00824 e. The third-order valence-electron chi connectivity index (χ3n) is 3.89. The normalized spacial score (nSPS) is 36.9. The average molecular weight is 207 g/mol. The molecule has 0 spiro atoms. The van der Waals surface area contributed by atoms with Crippen molar-refractivity contribution >= 4 is 11.3 Å². The predicted octanol–water partition coefficient (Wildman–Crippen LogP) is 2.76. The quantitative estimate of drug-likeness (QED) is 0.753. The predicted molar refractivity (Wildman–Crippen MR) is 60.6 cm³/mol. The van der Waals surface area contributed by atoms with Crippen molar-refractivity contribution in [2.75, 3.05) is 0 Å². The van der Waals surface area contributed by atoms with Crippen LogP contribution in [-0.4, -0.2) is 6.04 Å². The number of rotatable bonds is 1. The third kappa shape index (κ3) is 1.24. The van der Waals surface area contributed by atoms with E-state index >= 15 is 0 Å². The molecule has 76 valence electrons. The summed E-state index contributed by atoms with van der Waals surface area (Å²) in [6, 6.07) is 2.64. The van der Waals surface area contributed by atoms with E-state index < -0.39 is 0 Å². The van der Waals surface area contributed by atoms with Crippen molar-refractivity contribution in [2.24, 2.45) is 17.6 Å². The number of aryl methyl sites for hydroxylation is 1. The highest BCUT2D eigenvalue weighted by Crippen LogP contribution is 2.55. The second kappa shape index (κ2) is 3.07. The van der Waals surface area contributed by atoms with E-state index in [1.54, 1.807) is 10.4 Å². The second-order valence-corrected chi connectivity index (χ2v) is 5.88. The standard InChI is InChI=1S/C12H17NS/c1-7(13)12-9-4-5-14-11(9)3-2-8-6-10(8)12/h4-5,7-8,10,12H,2-3,6,13H2,1H3/t7-,8+,10-,12-/m1/s1. The molecule has 3 rings (SSSR count). The van der Waals surface area contributed by atoms with Gasteiger partial charge in [0.15, 0.2) is 0 Å². The van der Waals surface area contributed by atoms with Crippen LogP contribution in [0.1, 0.15) is 36.1 Å². The van der Waals surface area contributed by atoms with Crippen molar-refractivity contribution in [1.29, 1.82) is 0 Å². The van der Waals surface area contributed by atoms with E-state index in [0.717, 1.165) is 11.8 Å². The summed E-state index contributed by atoms with van der Waals surface area (Å²) >= 11 is 1.93. The minimum Gasteiger partial charge on any atom is -0.327 e. The Labute approximate surface area is 89.3 Å². The van der Waals surface area contributed by atoms with Gasteiger partial charge in [-0.3, -0.25) is 0 Å². The van der Waals surface area contributed by atoms with Crippen LogP contribution < -0.4 is 5.73 Å². The van der Waals surface area contributed by atoms with E-state index in [-0.39, 0.29) is 0 Å². The van der Waals surface area contributed by atoms with Crippen LogP contribution in [0.25, 0.3) is 0 Å². The summed E-state index contributed by atoms with van der Waals surface area (Å²) in [7, 11) is 0. The van der Waals surface area contributed by atoms with Gasteiger partial charge >= 0.3 is 0 Å². The van der Waals surface area contributed by atoms with Crippen LogP contribution in [-0.2, 0) is 6.42 Å². The van der Waals surface area contributed by atoms with Gasteiger partial charge in [-0.2, -0.15) is 0 Å². The first kappa shape index (κ1) is 8.93. The van der Waals surface area contributed by atoms with Crippen LogP contribution in [0.15, 0.2) is 11.4 Å². The zero-order chi connectivity index (χ0) is 9.71. The molecule has 1 saturated carbocycles. The fourth-order valence-corrected chi connectivity index (χ4v) is 4.07. The molecule has 2 aliphatic rings. The Balaban J connectivity index is 2.01. The molecule has 1 aromatic heterocycles. The monoisotopic (exact) mass is 207 g/mol. The molecule has 1 nitrogen and oxygen atoms in total. The van der Waals surface area contributed by atoms with Crippen LogP contribution in [0.5, 0.6) is 0 Å². The van der Waals surface area contributed by atoms with Gasteiger partial charge in [0.05, 0.1) is 0 Å². The Morgan fingerprint density at radius 1 is 1.57 bits per heavy atom. The van der Waals surface area contributed by atoms with E-state index in [4.69, 9.17) is 5.73 Å². The van der Waals surface area contributed by atoms with Crippen LogP contribution >= 0.6 is 11.3 Å². The smallest absolute Gasteiger partial charge is 0.00824 e. The lowest BCUT2D eigenvalue weighted by atomic mass is 9.89. The lowest BCUT2D eigenvalue weighted by molar-refractivity contribution is 0.487. The first-order chi connectivity index (χ1) is 6.77. The SMILES string of the molecule is C[C@@H](N)[C@@H]1c2ccsc2CC[C@H]2C[C@H]21. The maximum absolute atomic E-state index is 6.13. The van der Waals surface area contributed by atoms with Crippen molar-refractivity contribution < 1.29 is 0 Å². The Kier molecular flexibility index (Phi) is 1.96. The lowest BCUT2D eigenvalue weighted by Crippen LogP contribution is -2.26. The molecular formula is C12H17NS. The highest BCUT2D eigenvalue weighted by atomic mass is 32.1. The summed E-state index contributed by atoms with van der Waals surface area (Å²) in [6.45, 7) is 2.17. The highest BCUT2D eigenvalue weighted by molar-refractivity contribution is 7.10. The van der Waals surface area contributed by atoms with Crippen molar-refractivity contribution in [3.05, 3.63) is 21.9 Å². The molecule has 0 unspecified atom stereocenters. The average Bonchev–Trinajstić information content (AvgIpc) is 2.76. The molecule has 1 fully saturated rings. The van der Waals surface area contributed by atoms with Gasteiger partial charge in [0.1, 0.15) is 0 Å². The summed E-state index contributed by atoms with van der Waals surface area (Å²) in [5.41, 5.74) is 7.71. The van der Waals surface area contributed by atoms with E-state index in [2.05, 4.69) is 18.4 Å². The molecule has 4 atom stereocenters. The minimum atomic E-state index is 0.330. The zero-order valence-corrected chi connectivity index (χ0v) is 9.39. The van der Waals surface area contributed by atoms with Crippen molar-refractivity contribution in [1.82, 2.24) is 0 Å².